The van der Waals surface area contributed by atoms with Crippen LogP contribution in [0.3, 0.4) is 0 Å². The fourth-order valence-electron chi connectivity index (χ4n) is 5.54. The number of urea groups is 2. The summed E-state index contributed by atoms with van der Waals surface area (Å²) in [5, 5.41) is 1.74. The molecule has 6 rings (SSSR count). The zero-order valence-corrected chi connectivity index (χ0v) is 25.4. The standard InChI is InChI=1S/C17H13FN2O3.C16H11F3N2O3S/c18-11-6-7-12-13(9-11)20(17(19)23)16(22)15(12)14(21)8-10-4-2-1-3-5-10;17-16(18,19)8-3-4-11-10(6-8)13(14(23)21(11)15(20)24)12(22)7-9-2-1-5-25-9/h1-7,9,15H,8H2,(H2,19,23);1-6,13H,7H2,(H2,20,24). The molecule has 2 aliphatic rings. The molecule has 0 spiro atoms. The van der Waals surface area contributed by atoms with Gasteiger partial charge in [-0.1, -0.05) is 42.5 Å². The molecule has 2 atom stereocenters. The van der Waals surface area contributed by atoms with E-state index < -0.39 is 59.1 Å². The summed E-state index contributed by atoms with van der Waals surface area (Å²) in [5.74, 6) is -5.85. The van der Waals surface area contributed by atoms with Gasteiger partial charge in [-0.15, -0.1) is 11.3 Å². The molecule has 3 aromatic carbocycles. The smallest absolute Gasteiger partial charge is 0.351 e. The molecular weight excluding hydrogens is 656 g/mol. The minimum Gasteiger partial charge on any atom is -0.351 e. The van der Waals surface area contributed by atoms with Gasteiger partial charge < -0.3 is 11.5 Å². The van der Waals surface area contributed by atoms with Crippen LogP contribution in [0.1, 0.15) is 39.0 Å². The molecule has 15 heteroatoms. The molecule has 2 unspecified atom stereocenters. The molecule has 48 heavy (non-hydrogen) atoms. The number of imide groups is 2. The Morgan fingerprint density at radius 2 is 1.31 bits per heavy atom. The zero-order valence-electron chi connectivity index (χ0n) is 24.6. The Bertz CT molecular complexity index is 1950. The Morgan fingerprint density at radius 1 is 0.708 bits per heavy atom. The summed E-state index contributed by atoms with van der Waals surface area (Å²) < 4.78 is 52.3. The summed E-state index contributed by atoms with van der Waals surface area (Å²) in [4.78, 5) is 74.9. The molecule has 0 aliphatic carbocycles. The maximum Gasteiger partial charge on any atom is 0.416 e. The number of ketones is 2. The number of fused-ring (bicyclic) bond motifs is 2. The number of benzene rings is 3. The molecule has 2 aliphatic heterocycles. The van der Waals surface area contributed by atoms with Gasteiger partial charge in [0.05, 0.1) is 16.9 Å². The molecule has 4 aromatic rings. The van der Waals surface area contributed by atoms with Crippen molar-refractivity contribution in [1.29, 1.82) is 0 Å². The molecule has 0 fully saturated rings. The summed E-state index contributed by atoms with van der Waals surface area (Å²) >= 11 is 1.29. The van der Waals surface area contributed by atoms with Crippen LogP contribution in [0, 0.1) is 5.82 Å². The van der Waals surface area contributed by atoms with E-state index in [1.165, 1.54) is 17.4 Å². The van der Waals surface area contributed by atoms with Gasteiger partial charge in [0, 0.05) is 17.7 Å². The summed E-state index contributed by atoms with van der Waals surface area (Å²) in [7, 11) is 0. The number of hydrogen-bond donors (Lipinski definition) is 2. The molecule has 6 amide bonds. The van der Waals surface area contributed by atoms with Crippen LogP contribution < -0.4 is 21.3 Å². The van der Waals surface area contributed by atoms with Gasteiger partial charge in [0.1, 0.15) is 17.7 Å². The number of carbonyl (C=O) groups excluding carboxylic acids is 6. The largest absolute Gasteiger partial charge is 0.416 e. The van der Waals surface area contributed by atoms with Crippen molar-refractivity contribution in [3.05, 3.63) is 117 Å². The zero-order chi connectivity index (χ0) is 34.9. The SMILES string of the molecule is NC(=O)N1C(=O)C(C(=O)Cc2ccccc2)c2ccc(F)cc21.NC(=O)N1C(=O)C(C(=O)Cc2cccs2)c2cc(C(F)(F)F)ccc21. The van der Waals surface area contributed by atoms with Crippen molar-refractivity contribution in [1.82, 2.24) is 0 Å². The van der Waals surface area contributed by atoms with Crippen LogP contribution in [0.4, 0.5) is 38.5 Å². The number of thiophene rings is 1. The van der Waals surface area contributed by atoms with Crippen molar-refractivity contribution in [2.24, 2.45) is 11.5 Å². The first kappa shape index (κ1) is 33.7. The van der Waals surface area contributed by atoms with E-state index in [4.69, 9.17) is 11.5 Å². The van der Waals surface area contributed by atoms with Gasteiger partial charge in [-0.3, -0.25) is 19.2 Å². The Labute approximate surface area is 273 Å². The normalized spacial score (nSPS) is 16.6. The maximum absolute atomic E-state index is 13.4. The molecule has 0 bridgehead atoms. The summed E-state index contributed by atoms with van der Waals surface area (Å²) in [6.45, 7) is 0. The lowest BCUT2D eigenvalue weighted by Gasteiger charge is -2.13. The number of anilines is 2. The van der Waals surface area contributed by atoms with Gasteiger partial charge in [-0.2, -0.15) is 13.2 Å². The minimum atomic E-state index is -4.64. The van der Waals surface area contributed by atoms with E-state index in [1.54, 1.807) is 41.8 Å². The number of nitrogens with two attached hydrogens (primary N) is 2. The van der Waals surface area contributed by atoms with Crippen LogP contribution in [-0.2, 0) is 38.2 Å². The Kier molecular flexibility index (Phi) is 9.25. The average Bonchev–Trinajstić information content (AvgIpc) is 3.70. The van der Waals surface area contributed by atoms with Crippen LogP contribution in [0.5, 0.6) is 0 Å². The van der Waals surface area contributed by atoms with Crippen molar-refractivity contribution in [2.45, 2.75) is 30.9 Å². The number of carbonyl (C=O) groups is 6. The van der Waals surface area contributed by atoms with E-state index in [2.05, 4.69) is 0 Å². The van der Waals surface area contributed by atoms with Crippen LogP contribution in [0.2, 0.25) is 0 Å². The first-order valence-corrected chi connectivity index (χ1v) is 15.0. The third-order valence-electron chi connectivity index (χ3n) is 7.62. The lowest BCUT2D eigenvalue weighted by molar-refractivity contribution is -0.138. The highest BCUT2D eigenvalue weighted by molar-refractivity contribution is 7.10. The highest BCUT2D eigenvalue weighted by Crippen LogP contribution is 2.42. The van der Waals surface area contributed by atoms with Gasteiger partial charge in [0.15, 0.2) is 11.6 Å². The molecule has 1 aromatic heterocycles. The van der Waals surface area contributed by atoms with E-state index >= 15 is 0 Å². The summed E-state index contributed by atoms with van der Waals surface area (Å²) in [6.07, 6.45) is -4.71. The Hall–Kier alpha value is -5.70. The molecule has 0 saturated carbocycles. The van der Waals surface area contributed by atoms with Crippen LogP contribution in [0.25, 0.3) is 0 Å². The Morgan fingerprint density at radius 3 is 1.90 bits per heavy atom. The average molecular weight is 681 g/mol. The van der Waals surface area contributed by atoms with Gasteiger partial charge in [0.25, 0.3) is 0 Å². The van der Waals surface area contributed by atoms with Crippen molar-refractivity contribution in [3.8, 4) is 0 Å². The second-order valence-electron chi connectivity index (χ2n) is 10.7. The van der Waals surface area contributed by atoms with E-state index in [0.717, 1.165) is 35.9 Å². The third-order valence-corrected chi connectivity index (χ3v) is 8.50. The quantitative estimate of drug-likeness (QED) is 0.209. The predicted octanol–water partition coefficient (Wildman–Crippen LogP) is 5.23. The lowest BCUT2D eigenvalue weighted by Crippen LogP contribution is -2.40. The van der Waals surface area contributed by atoms with E-state index in [1.807, 2.05) is 6.07 Å². The van der Waals surface area contributed by atoms with Crippen LogP contribution in [-0.4, -0.2) is 35.4 Å². The van der Waals surface area contributed by atoms with Crippen LogP contribution >= 0.6 is 11.3 Å². The molecule has 246 valence electrons. The molecule has 0 saturated heterocycles. The highest BCUT2D eigenvalue weighted by Gasteiger charge is 2.46. The monoisotopic (exact) mass is 680 g/mol. The topological polar surface area (TPSA) is 161 Å². The number of nitrogens with zero attached hydrogens (tertiary/aromatic N) is 2. The van der Waals surface area contributed by atoms with Crippen LogP contribution in [0.15, 0.2) is 84.2 Å². The van der Waals surface area contributed by atoms with Gasteiger partial charge in [0.2, 0.25) is 11.8 Å². The fraction of sp³-hybridized carbons (Fsp3) is 0.152. The number of amides is 6. The van der Waals surface area contributed by atoms with Crippen molar-refractivity contribution in [3.63, 3.8) is 0 Å². The molecule has 4 N–H and O–H groups in total. The maximum atomic E-state index is 13.4. The predicted molar refractivity (Wildman–Crippen MR) is 166 cm³/mol. The van der Waals surface area contributed by atoms with Crippen molar-refractivity contribution < 1.29 is 46.3 Å². The minimum absolute atomic E-state index is 0.0360. The highest BCUT2D eigenvalue weighted by atomic mass is 32.1. The molecular formula is C33H24F4N4O6S. The Balaban J connectivity index is 0.000000188. The van der Waals surface area contributed by atoms with Gasteiger partial charge in [-0.25, -0.2) is 23.8 Å². The number of primary amides is 2. The number of hydrogen-bond acceptors (Lipinski definition) is 7. The number of alkyl halides is 3. The number of Topliss-reactive ketones (excluding diaryl/α,β-unsaturated/α-hetero) is 2. The van der Waals surface area contributed by atoms with Gasteiger partial charge >= 0.3 is 18.2 Å². The second-order valence-corrected chi connectivity index (χ2v) is 11.7. The first-order chi connectivity index (χ1) is 22.7. The van der Waals surface area contributed by atoms with E-state index in [0.29, 0.717) is 20.2 Å². The molecule has 0 radical (unpaired) electrons. The lowest BCUT2D eigenvalue weighted by atomic mass is 9.92. The van der Waals surface area contributed by atoms with Crippen molar-refractivity contribution in [2.75, 3.05) is 9.80 Å². The fourth-order valence-corrected chi connectivity index (χ4v) is 6.26. The van der Waals surface area contributed by atoms with E-state index in [9.17, 15) is 46.3 Å². The van der Waals surface area contributed by atoms with E-state index in [-0.39, 0.29) is 35.6 Å². The summed E-state index contributed by atoms with van der Waals surface area (Å²) in [6, 6.07) is 16.2. The third kappa shape index (κ3) is 6.57. The summed E-state index contributed by atoms with van der Waals surface area (Å²) in [5.41, 5.74) is 10.2. The van der Waals surface area contributed by atoms with Crippen molar-refractivity contribution >= 4 is 58.2 Å². The second kappa shape index (κ2) is 13.2. The number of rotatable bonds is 6. The molecule has 3 heterocycles. The van der Waals surface area contributed by atoms with Gasteiger partial charge in [-0.05, 0) is 58.5 Å². The molecule has 10 nitrogen and oxygen atoms in total. The first-order valence-electron chi connectivity index (χ1n) is 14.1. The number of halogens is 4.